The van der Waals surface area contributed by atoms with Gasteiger partial charge in [-0.2, -0.15) is 0 Å². The van der Waals surface area contributed by atoms with Gasteiger partial charge in [0.2, 0.25) is 0 Å². The van der Waals surface area contributed by atoms with Crippen molar-refractivity contribution < 1.29 is 4.79 Å². The van der Waals surface area contributed by atoms with Crippen molar-refractivity contribution in [3.8, 4) is 0 Å². The number of allylic oxidation sites excluding steroid dienone is 1. The molecule has 2 saturated carbocycles. The lowest BCUT2D eigenvalue weighted by Crippen LogP contribution is -2.16. The van der Waals surface area contributed by atoms with Gasteiger partial charge in [0.15, 0.2) is 5.78 Å². The zero-order valence-electron chi connectivity index (χ0n) is 12.7. The van der Waals surface area contributed by atoms with Gasteiger partial charge in [-0.15, -0.1) is 0 Å². The highest BCUT2D eigenvalue weighted by Crippen LogP contribution is 2.40. The van der Waals surface area contributed by atoms with Gasteiger partial charge in [-0.1, -0.05) is 18.9 Å². The summed E-state index contributed by atoms with van der Waals surface area (Å²) in [6, 6.07) is 6.02. The molecule has 1 aromatic carbocycles. The van der Waals surface area contributed by atoms with Crippen LogP contribution >= 0.6 is 0 Å². The molecule has 0 aliphatic heterocycles. The van der Waals surface area contributed by atoms with Crippen LogP contribution in [0.15, 0.2) is 36.2 Å². The molecule has 0 amide bonds. The van der Waals surface area contributed by atoms with Crippen LogP contribution in [-0.2, 0) is 4.79 Å². The topological polar surface area (TPSA) is 42.9 Å². The minimum Gasteiger partial charge on any atom is -0.294 e. The number of aromatic nitrogens is 2. The molecule has 1 aromatic heterocycles. The third-order valence-corrected chi connectivity index (χ3v) is 5.18. The number of hydrogen-bond acceptors (Lipinski definition) is 3. The Morgan fingerprint density at radius 1 is 1.00 bits per heavy atom. The average molecular weight is 292 g/mol. The average Bonchev–Trinajstić information content (AvgIpc) is 3.18. The van der Waals surface area contributed by atoms with Crippen LogP contribution in [0.25, 0.3) is 17.1 Å². The lowest BCUT2D eigenvalue weighted by molar-refractivity contribution is -0.119. The maximum atomic E-state index is 12.7. The summed E-state index contributed by atoms with van der Waals surface area (Å²) in [6.45, 7) is 0. The minimum absolute atomic E-state index is 0.286. The van der Waals surface area contributed by atoms with Crippen LogP contribution in [0, 0.1) is 11.8 Å². The van der Waals surface area contributed by atoms with E-state index in [-0.39, 0.29) is 5.92 Å². The first-order valence-corrected chi connectivity index (χ1v) is 8.27. The standard InChI is InChI=1S/C19H20N2O/c22-19-15(6-7-16(19)14-3-1-2-4-14)11-13-5-8-17-18(12-13)21-10-9-20-17/h5,8-12,14,16H,1-4,6-7H2/b15-11+/t16-/m1/s1. The van der Waals surface area contributed by atoms with E-state index in [9.17, 15) is 4.79 Å². The number of fused-ring (bicyclic) bond motifs is 1. The summed E-state index contributed by atoms with van der Waals surface area (Å²) >= 11 is 0. The summed E-state index contributed by atoms with van der Waals surface area (Å²) < 4.78 is 0. The molecular formula is C19H20N2O. The number of hydrogen-bond donors (Lipinski definition) is 0. The maximum absolute atomic E-state index is 12.7. The molecule has 0 N–H and O–H groups in total. The number of carbonyl (C=O) groups excluding carboxylic acids is 1. The quantitative estimate of drug-likeness (QED) is 0.780. The molecule has 0 unspecified atom stereocenters. The summed E-state index contributed by atoms with van der Waals surface area (Å²) in [4.78, 5) is 21.3. The van der Waals surface area contributed by atoms with E-state index in [2.05, 4.69) is 16.0 Å². The summed E-state index contributed by atoms with van der Waals surface area (Å²) in [5, 5.41) is 0. The molecule has 0 bridgehead atoms. The molecule has 4 rings (SSSR count). The van der Waals surface area contributed by atoms with Crippen LogP contribution < -0.4 is 0 Å². The normalized spacial score (nSPS) is 24.6. The van der Waals surface area contributed by atoms with Crippen LogP contribution in [0.5, 0.6) is 0 Å². The fourth-order valence-electron chi connectivity index (χ4n) is 4.03. The van der Waals surface area contributed by atoms with E-state index in [1.165, 1.54) is 25.7 Å². The second-order valence-electron chi connectivity index (χ2n) is 6.53. The van der Waals surface area contributed by atoms with Gasteiger partial charge in [0, 0.05) is 18.3 Å². The van der Waals surface area contributed by atoms with Crippen molar-refractivity contribution in [3.05, 3.63) is 41.7 Å². The summed E-state index contributed by atoms with van der Waals surface area (Å²) in [5.41, 5.74) is 3.84. The first-order chi connectivity index (χ1) is 10.8. The number of Topliss-reactive ketones (excluding diaryl/α,β-unsaturated/α-hetero) is 1. The molecule has 2 fully saturated rings. The fraction of sp³-hybridized carbons (Fsp3) is 0.421. The Hall–Kier alpha value is -2.03. The second kappa shape index (κ2) is 5.64. The van der Waals surface area contributed by atoms with Crippen molar-refractivity contribution in [2.75, 3.05) is 0 Å². The molecule has 0 spiro atoms. The van der Waals surface area contributed by atoms with Gasteiger partial charge in [0.25, 0.3) is 0 Å². The first kappa shape index (κ1) is 13.6. The van der Waals surface area contributed by atoms with E-state index in [0.717, 1.165) is 35.0 Å². The number of ketones is 1. The van der Waals surface area contributed by atoms with Crippen molar-refractivity contribution in [1.82, 2.24) is 9.97 Å². The van der Waals surface area contributed by atoms with Gasteiger partial charge >= 0.3 is 0 Å². The van der Waals surface area contributed by atoms with E-state index in [0.29, 0.717) is 11.7 Å². The molecule has 3 nitrogen and oxygen atoms in total. The van der Waals surface area contributed by atoms with E-state index in [1.807, 2.05) is 18.2 Å². The van der Waals surface area contributed by atoms with Crippen LogP contribution in [0.1, 0.15) is 44.1 Å². The van der Waals surface area contributed by atoms with Crippen LogP contribution in [-0.4, -0.2) is 15.8 Å². The van der Waals surface area contributed by atoms with Crippen LogP contribution in [0.3, 0.4) is 0 Å². The smallest absolute Gasteiger partial charge is 0.162 e. The Balaban J connectivity index is 1.60. The summed E-state index contributed by atoms with van der Waals surface area (Å²) in [7, 11) is 0. The Morgan fingerprint density at radius 3 is 2.59 bits per heavy atom. The molecule has 112 valence electrons. The van der Waals surface area contributed by atoms with Gasteiger partial charge in [-0.25, -0.2) is 0 Å². The minimum atomic E-state index is 0.286. The zero-order valence-corrected chi connectivity index (χ0v) is 12.7. The van der Waals surface area contributed by atoms with Crippen LogP contribution in [0.2, 0.25) is 0 Å². The fourth-order valence-corrected chi connectivity index (χ4v) is 4.03. The summed E-state index contributed by atoms with van der Waals surface area (Å²) in [5.74, 6) is 1.32. The maximum Gasteiger partial charge on any atom is 0.162 e. The molecule has 0 saturated heterocycles. The Labute approximate surface area is 130 Å². The molecule has 1 atom stereocenters. The van der Waals surface area contributed by atoms with E-state index in [1.54, 1.807) is 12.4 Å². The monoisotopic (exact) mass is 292 g/mol. The molecule has 2 aromatic rings. The Bertz CT molecular complexity index is 744. The zero-order chi connectivity index (χ0) is 14.9. The van der Waals surface area contributed by atoms with Gasteiger partial charge < -0.3 is 0 Å². The van der Waals surface area contributed by atoms with Crippen molar-refractivity contribution in [3.63, 3.8) is 0 Å². The van der Waals surface area contributed by atoms with E-state index < -0.39 is 0 Å². The highest BCUT2D eigenvalue weighted by Gasteiger charge is 2.36. The second-order valence-corrected chi connectivity index (χ2v) is 6.53. The number of benzene rings is 1. The molecule has 1 heterocycles. The van der Waals surface area contributed by atoms with Gasteiger partial charge in [0.05, 0.1) is 11.0 Å². The van der Waals surface area contributed by atoms with Gasteiger partial charge in [-0.3, -0.25) is 14.8 Å². The number of rotatable bonds is 2. The van der Waals surface area contributed by atoms with Crippen LogP contribution in [0.4, 0.5) is 0 Å². The third-order valence-electron chi connectivity index (χ3n) is 5.18. The third kappa shape index (κ3) is 2.45. The van der Waals surface area contributed by atoms with Gasteiger partial charge in [0.1, 0.15) is 0 Å². The van der Waals surface area contributed by atoms with Crippen molar-refractivity contribution in [2.45, 2.75) is 38.5 Å². The van der Waals surface area contributed by atoms with Gasteiger partial charge in [-0.05, 0) is 60.9 Å². The van der Waals surface area contributed by atoms with Crippen molar-refractivity contribution in [2.24, 2.45) is 11.8 Å². The predicted molar refractivity (Wildman–Crippen MR) is 87.2 cm³/mol. The Kier molecular flexibility index (Phi) is 3.49. The predicted octanol–water partition coefficient (Wildman–Crippen LogP) is 4.18. The lowest BCUT2D eigenvalue weighted by atomic mass is 9.88. The SMILES string of the molecule is O=C1/C(=C/c2ccc3nccnc3c2)CC[C@@H]1C1CCCC1. The molecule has 22 heavy (non-hydrogen) atoms. The largest absolute Gasteiger partial charge is 0.294 e. The van der Waals surface area contributed by atoms with E-state index in [4.69, 9.17) is 0 Å². The van der Waals surface area contributed by atoms with E-state index >= 15 is 0 Å². The van der Waals surface area contributed by atoms with Crippen molar-refractivity contribution >= 4 is 22.9 Å². The molecule has 2 aliphatic rings. The lowest BCUT2D eigenvalue weighted by Gasteiger charge is -2.15. The van der Waals surface area contributed by atoms with Crippen molar-refractivity contribution in [1.29, 1.82) is 0 Å². The first-order valence-electron chi connectivity index (χ1n) is 8.27. The molecular weight excluding hydrogens is 272 g/mol. The highest BCUT2D eigenvalue weighted by molar-refractivity contribution is 6.03. The highest BCUT2D eigenvalue weighted by atomic mass is 16.1. The molecule has 2 aliphatic carbocycles. The molecule has 0 radical (unpaired) electrons. The number of carbonyl (C=O) groups is 1. The summed E-state index contributed by atoms with van der Waals surface area (Å²) in [6.07, 6.45) is 12.5. The Morgan fingerprint density at radius 2 is 1.77 bits per heavy atom. The number of nitrogens with zero attached hydrogens (tertiary/aromatic N) is 2. The molecule has 3 heteroatoms.